The Hall–Kier alpha value is -1.36. The first-order valence-electron chi connectivity index (χ1n) is 5.03. The summed E-state index contributed by atoms with van der Waals surface area (Å²) in [5, 5.41) is 4.79. The van der Waals surface area contributed by atoms with Crippen LogP contribution in [0.25, 0.3) is 0 Å². The number of amides is 1. The Morgan fingerprint density at radius 3 is 2.81 bits per heavy atom. The molecular formula is C11H15NO3S. The molecule has 0 radical (unpaired) electrons. The molecule has 0 spiro atoms. The van der Waals surface area contributed by atoms with Crippen molar-refractivity contribution < 1.29 is 14.3 Å². The third-order valence-electron chi connectivity index (χ3n) is 2.13. The molecule has 0 saturated heterocycles. The van der Waals surface area contributed by atoms with Gasteiger partial charge in [0.25, 0.3) is 0 Å². The maximum Gasteiger partial charge on any atom is 0.306 e. The van der Waals surface area contributed by atoms with Gasteiger partial charge in [0.05, 0.1) is 19.6 Å². The molecule has 0 bridgehead atoms. The molecule has 4 nitrogen and oxygen atoms in total. The molecule has 1 rings (SSSR count). The van der Waals surface area contributed by atoms with Crippen molar-refractivity contribution >= 4 is 23.2 Å². The molecule has 1 N–H and O–H groups in total. The minimum atomic E-state index is -0.362. The fourth-order valence-corrected chi connectivity index (χ4v) is 1.97. The Balaban J connectivity index is 2.32. The van der Waals surface area contributed by atoms with Crippen molar-refractivity contribution in [2.75, 3.05) is 7.11 Å². The quantitative estimate of drug-likeness (QED) is 0.801. The predicted molar refractivity (Wildman–Crippen MR) is 62.1 cm³/mol. The summed E-state index contributed by atoms with van der Waals surface area (Å²) in [5.74, 6) is -0.495. The van der Waals surface area contributed by atoms with Crippen LogP contribution in [0.2, 0.25) is 0 Å². The van der Waals surface area contributed by atoms with E-state index in [-0.39, 0.29) is 30.8 Å². The van der Waals surface area contributed by atoms with Gasteiger partial charge in [-0.15, -0.1) is 11.3 Å². The summed E-state index contributed by atoms with van der Waals surface area (Å²) in [7, 11) is 1.31. The summed E-state index contributed by atoms with van der Waals surface area (Å²) >= 11 is 1.60. The Morgan fingerprint density at radius 1 is 1.50 bits per heavy atom. The summed E-state index contributed by atoms with van der Waals surface area (Å²) in [5.41, 5.74) is 0. The number of thiophene rings is 1. The van der Waals surface area contributed by atoms with Gasteiger partial charge >= 0.3 is 5.97 Å². The van der Waals surface area contributed by atoms with E-state index in [9.17, 15) is 9.59 Å². The van der Waals surface area contributed by atoms with E-state index >= 15 is 0 Å². The zero-order valence-electron chi connectivity index (χ0n) is 9.36. The number of nitrogens with one attached hydrogen (secondary N) is 1. The van der Waals surface area contributed by atoms with Crippen molar-refractivity contribution in [3.63, 3.8) is 0 Å². The lowest BCUT2D eigenvalue weighted by Gasteiger charge is -2.11. The minimum absolute atomic E-state index is 0.00912. The predicted octanol–water partition coefficient (Wildman–Crippen LogP) is 1.88. The first kappa shape index (κ1) is 12.7. The molecule has 0 fully saturated rings. The highest BCUT2D eigenvalue weighted by atomic mass is 32.1. The van der Waals surface area contributed by atoms with Crippen LogP contribution in [-0.2, 0) is 14.3 Å². The van der Waals surface area contributed by atoms with Crippen molar-refractivity contribution in [3.05, 3.63) is 22.4 Å². The molecular weight excluding hydrogens is 226 g/mol. The highest BCUT2D eigenvalue weighted by molar-refractivity contribution is 7.10. The van der Waals surface area contributed by atoms with Crippen LogP contribution in [0.1, 0.15) is 30.7 Å². The fraction of sp³-hybridized carbons (Fsp3) is 0.455. The van der Waals surface area contributed by atoms with Crippen molar-refractivity contribution in [1.29, 1.82) is 0 Å². The Bertz CT molecular complexity index is 348. The average Bonchev–Trinajstić information content (AvgIpc) is 2.79. The number of methoxy groups -OCH3 is 1. The summed E-state index contributed by atoms with van der Waals surface area (Å²) < 4.78 is 4.46. The van der Waals surface area contributed by atoms with Crippen LogP contribution in [0.5, 0.6) is 0 Å². The van der Waals surface area contributed by atoms with Gasteiger partial charge in [-0.1, -0.05) is 6.07 Å². The van der Waals surface area contributed by atoms with Crippen LogP contribution in [0.3, 0.4) is 0 Å². The third-order valence-corrected chi connectivity index (χ3v) is 3.19. The first-order valence-corrected chi connectivity index (χ1v) is 5.91. The lowest BCUT2D eigenvalue weighted by Crippen LogP contribution is -2.26. The van der Waals surface area contributed by atoms with Crippen molar-refractivity contribution in [3.8, 4) is 0 Å². The van der Waals surface area contributed by atoms with Gasteiger partial charge in [-0.25, -0.2) is 0 Å². The fourth-order valence-electron chi connectivity index (χ4n) is 1.24. The van der Waals surface area contributed by atoms with Crippen LogP contribution in [0.15, 0.2) is 17.5 Å². The molecule has 1 amide bonds. The highest BCUT2D eigenvalue weighted by Crippen LogP contribution is 2.18. The number of esters is 1. The normalized spacial score (nSPS) is 11.9. The van der Waals surface area contributed by atoms with E-state index in [0.29, 0.717) is 0 Å². The number of hydrogen-bond donors (Lipinski definition) is 1. The maximum absolute atomic E-state index is 11.5. The van der Waals surface area contributed by atoms with Crippen molar-refractivity contribution in [2.24, 2.45) is 0 Å². The summed E-state index contributed by atoms with van der Waals surface area (Å²) in [4.78, 5) is 23.4. The minimum Gasteiger partial charge on any atom is -0.469 e. The Labute approximate surface area is 98.6 Å². The standard InChI is InChI=1S/C11H15NO3S/c1-8(9-4-3-7-16-9)12-10(13)5-6-11(14)15-2/h3-4,7-8H,5-6H2,1-2H3,(H,12,13). The molecule has 0 aromatic carbocycles. The number of ether oxygens (including phenoxy) is 1. The molecule has 1 atom stereocenters. The molecule has 0 aliphatic carbocycles. The molecule has 1 unspecified atom stereocenters. The number of hydrogen-bond acceptors (Lipinski definition) is 4. The highest BCUT2D eigenvalue weighted by Gasteiger charge is 2.11. The lowest BCUT2D eigenvalue weighted by molar-refractivity contribution is -0.142. The molecule has 5 heteroatoms. The topological polar surface area (TPSA) is 55.4 Å². The van der Waals surface area contributed by atoms with Crippen LogP contribution in [-0.4, -0.2) is 19.0 Å². The molecule has 1 aromatic rings. The van der Waals surface area contributed by atoms with E-state index in [1.807, 2.05) is 24.4 Å². The lowest BCUT2D eigenvalue weighted by atomic mass is 10.2. The van der Waals surface area contributed by atoms with E-state index in [1.165, 1.54) is 7.11 Å². The van der Waals surface area contributed by atoms with Crippen LogP contribution < -0.4 is 5.32 Å². The second-order valence-electron chi connectivity index (χ2n) is 3.38. The van der Waals surface area contributed by atoms with Gasteiger partial charge in [-0.3, -0.25) is 9.59 Å². The van der Waals surface area contributed by atoms with Crippen molar-refractivity contribution in [2.45, 2.75) is 25.8 Å². The smallest absolute Gasteiger partial charge is 0.306 e. The van der Waals surface area contributed by atoms with Crippen LogP contribution in [0.4, 0.5) is 0 Å². The van der Waals surface area contributed by atoms with Gasteiger partial charge in [0.15, 0.2) is 0 Å². The largest absolute Gasteiger partial charge is 0.469 e. The van der Waals surface area contributed by atoms with E-state index in [4.69, 9.17) is 0 Å². The monoisotopic (exact) mass is 241 g/mol. The number of carbonyl (C=O) groups excluding carboxylic acids is 2. The zero-order chi connectivity index (χ0) is 12.0. The first-order chi connectivity index (χ1) is 7.63. The molecule has 1 aromatic heterocycles. The van der Waals surface area contributed by atoms with E-state index in [2.05, 4.69) is 10.1 Å². The molecule has 0 aliphatic heterocycles. The second kappa shape index (κ2) is 6.27. The maximum atomic E-state index is 11.5. The summed E-state index contributed by atoms with van der Waals surface area (Å²) in [6, 6.07) is 3.90. The molecule has 0 aliphatic rings. The third kappa shape index (κ3) is 4.02. The second-order valence-corrected chi connectivity index (χ2v) is 4.36. The molecule has 0 saturated carbocycles. The van der Waals surface area contributed by atoms with E-state index in [1.54, 1.807) is 11.3 Å². The Kier molecular flexibility index (Phi) is 4.98. The van der Waals surface area contributed by atoms with E-state index < -0.39 is 0 Å². The number of rotatable bonds is 5. The van der Waals surface area contributed by atoms with Crippen LogP contribution >= 0.6 is 11.3 Å². The SMILES string of the molecule is COC(=O)CCC(=O)NC(C)c1cccs1. The van der Waals surface area contributed by atoms with Gasteiger partial charge in [-0.2, -0.15) is 0 Å². The van der Waals surface area contributed by atoms with Gasteiger partial charge in [-0.05, 0) is 18.4 Å². The average molecular weight is 241 g/mol. The van der Waals surface area contributed by atoms with Crippen LogP contribution in [0, 0.1) is 0 Å². The number of carbonyl (C=O) groups is 2. The molecule has 88 valence electrons. The molecule has 16 heavy (non-hydrogen) atoms. The Morgan fingerprint density at radius 2 is 2.25 bits per heavy atom. The van der Waals surface area contributed by atoms with Crippen molar-refractivity contribution in [1.82, 2.24) is 5.32 Å². The van der Waals surface area contributed by atoms with Gasteiger partial charge in [0.2, 0.25) is 5.91 Å². The van der Waals surface area contributed by atoms with Gasteiger partial charge in [0.1, 0.15) is 0 Å². The van der Waals surface area contributed by atoms with Gasteiger partial charge in [0, 0.05) is 11.3 Å². The van der Waals surface area contributed by atoms with E-state index in [0.717, 1.165) is 4.88 Å². The summed E-state index contributed by atoms with van der Waals surface area (Å²) in [6.07, 6.45) is 0.294. The molecule has 1 heterocycles. The zero-order valence-corrected chi connectivity index (χ0v) is 10.2. The van der Waals surface area contributed by atoms with Gasteiger partial charge < -0.3 is 10.1 Å². The summed E-state index contributed by atoms with van der Waals surface area (Å²) in [6.45, 7) is 1.92.